The Labute approximate surface area is 103 Å². The zero-order valence-electron chi connectivity index (χ0n) is 9.44. The highest BCUT2D eigenvalue weighted by Gasteiger charge is 2.28. The average molecular weight is 253 g/mol. The standard InChI is InChI=1S/C11H12FN3O3/c12-9(6-14-15-13)10(11(16)17)18-7-8-4-2-1-3-5-8/h1-5,9-10H,6-7H2,(H,16,17)/t9-,10?/m0/s1. The third-order valence-corrected chi connectivity index (χ3v) is 2.16. The van der Waals surface area contributed by atoms with Crippen LogP contribution in [-0.2, 0) is 16.1 Å². The molecule has 0 aliphatic heterocycles. The second-order valence-electron chi connectivity index (χ2n) is 3.48. The van der Waals surface area contributed by atoms with E-state index in [9.17, 15) is 9.18 Å². The molecular weight excluding hydrogens is 241 g/mol. The number of hydrogen-bond donors (Lipinski definition) is 1. The molecule has 7 heteroatoms. The number of carboxylic acid groups (broad SMARTS) is 1. The molecule has 0 saturated carbocycles. The minimum absolute atomic E-state index is 0.0194. The molecule has 0 aliphatic carbocycles. The summed E-state index contributed by atoms with van der Waals surface area (Å²) in [5, 5.41) is 11.8. The Bertz CT molecular complexity index is 434. The van der Waals surface area contributed by atoms with Crippen LogP contribution < -0.4 is 0 Å². The van der Waals surface area contributed by atoms with Crippen LogP contribution in [0.3, 0.4) is 0 Å². The number of rotatable bonds is 7. The molecule has 0 spiro atoms. The van der Waals surface area contributed by atoms with Crippen LogP contribution in [0.2, 0.25) is 0 Å². The highest BCUT2D eigenvalue weighted by Crippen LogP contribution is 2.10. The molecule has 0 aliphatic rings. The number of halogens is 1. The Kier molecular flexibility index (Phi) is 5.63. The first-order chi connectivity index (χ1) is 8.65. The fraction of sp³-hybridized carbons (Fsp3) is 0.364. The summed E-state index contributed by atoms with van der Waals surface area (Å²) in [4.78, 5) is 13.2. The predicted octanol–water partition coefficient (Wildman–Crippen LogP) is 2.30. The molecule has 1 unspecified atom stereocenters. The quantitative estimate of drug-likeness (QED) is 0.458. The van der Waals surface area contributed by atoms with Crippen molar-refractivity contribution in [3.8, 4) is 0 Å². The lowest BCUT2D eigenvalue weighted by atomic mass is 10.2. The van der Waals surface area contributed by atoms with Crippen molar-refractivity contribution in [2.45, 2.75) is 18.9 Å². The van der Waals surface area contributed by atoms with Gasteiger partial charge in [-0.15, -0.1) is 0 Å². The van der Waals surface area contributed by atoms with Gasteiger partial charge in [-0.1, -0.05) is 35.4 Å². The topological polar surface area (TPSA) is 95.3 Å². The fourth-order valence-electron chi connectivity index (χ4n) is 1.30. The van der Waals surface area contributed by atoms with Crippen molar-refractivity contribution in [2.24, 2.45) is 5.11 Å². The number of benzene rings is 1. The summed E-state index contributed by atoms with van der Waals surface area (Å²) >= 11 is 0. The van der Waals surface area contributed by atoms with E-state index in [0.29, 0.717) is 0 Å². The Morgan fingerprint density at radius 3 is 2.72 bits per heavy atom. The molecule has 0 heterocycles. The van der Waals surface area contributed by atoms with E-state index in [2.05, 4.69) is 10.0 Å². The van der Waals surface area contributed by atoms with Gasteiger partial charge >= 0.3 is 5.97 Å². The van der Waals surface area contributed by atoms with Gasteiger partial charge in [-0.3, -0.25) is 0 Å². The van der Waals surface area contributed by atoms with Crippen LogP contribution in [0.4, 0.5) is 4.39 Å². The number of hydrogen-bond acceptors (Lipinski definition) is 3. The SMILES string of the molecule is [N-]=[N+]=NC[C@H](F)C(OCc1ccccc1)C(=O)O. The minimum atomic E-state index is -1.87. The van der Waals surface area contributed by atoms with E-state index in [4.69, 9.17) is 15.4 Å². The Balaban J connectivity index is 2.58. The summed E-state index contributed by atoms with van der Waals surface area (Å²) < 4.78 is 18.4. The fourth-order valence-corrected chi connectivity index (χ4v) is 1.30. The smallest absolute Gasteiger partial charge is 0.335 e. The maximum atomic E-state index is 13.4. The average Bonchev–Trinajstić information content (AvgIpc) is 2.37. The van der Waals surface area contributed by atoms with Crippen molar-refractivity contribution < 1.29 is 19.0 Å². The second-order valence-corrected chi connectivity index (χ2v) is 3.48. The second kappa shape index (κ2) is 7.26. The van der Waals surface area contributed by atoms with E-state index in [0.717, 1.165) is 5.56 Å². The normalized spacial score (nSPS) is 13.4. The first kappa shape index (κ1) is 14.0. The summed E-state index contributed by atoms with van der Waals surface area (Å²) in [6.45, 7) is -0.587. The van der Waals surface area contributed by atoms with Crippen LogP contribution >= 0.6 is 0 Å². The lowest BCUT2D eigenvalue weighted by molar-refractivity contribution is -0.155. The third kappa shape index (κ3) is 4.40. The van der Waals surface area contributed by atoms with Gasteiger partial charge in [0.05, 0.1) is 13.2 Å². The van der Waals surface area contributed by atoms with Gasteiger partial charge in [0.15, 0.2) is 6.10 Å². The number of ether oxygens (including phenoxy) is 1. The molecule has 0 amide bonds. The van der Waals surface area contributed by atoms with Gasteiger partial charge in [-0.05, 0) is 11.1 Å². The van der Waals surface area contributed by atoms with Gasteiger partial charge in [-0.2, -0.15) is 0 Å². The van der Waals surface area contributed by atoms with E-state index >= 15 is 0 Å². The summed E-state index contributed by atoms with van der Waals surface area (Å²) in [5.74, 6) is -1.42. The van der Waals surface area contributed by atoms with Crippen molar-refractivity contribution >= 4 is 5.97 Å². The van der Waals surface area contributed by atoms with Gasteiger partial charge in [-0.25, -0.2) is 9.18 Å². The van der Waals surface area contributed by atoms with Crippen LogP contribution in [0.25, 0.3) is 10.4 Å². The molecule has 0 aromatic heterocycles. The van der Waals surface area contributed by atoms with Crippen molar-refractivity contribution in [1.82, 2.24) is 0 Å². The molecular formula is C11H12FN3O3. The van der Waals surface area contributed by atoms with Crippen LogP contribution in [0, 0.1) is 0 Å². The molecule has 1 aromatic carbocycles. The van der Waals surface area contributed by atoms with Crippen LogP contribution in [0.15, 0.2) is 35.4 Å². The highest BCUT2D eigenvalue weighted by atomic mass is 19.1. The van der Waals surface area contributed by atoms with Gasteiger partial charge in [0.1, 0.15) is 6.17 Å². The highest BCUT2D eigenvalue weighted by molar-refractivity contribution is 5.73. The summed E-state index contributed by atoms with van der Waals surface area (Å²) in [6.07, 6.45) is -3.52. The number of carbonyl (C=O) groups is 1. The molecule has 0 saturated heterocycles. The predicted molar refractivity (Wildman–Crippen MR) is 61.6 cm³/mol. The maximum Gasteiger partial charge on any atom is 0.335 e. The minimum Gasteiger partial charge on any atom is -0.479 e. The molecule has 6 nitrogen and oxygen atoms in total. The maximum absolute atomic E-state index is 13.4. The molecule has 0 radical (unpaired) electrons. The molecule has 2 atom stereocenters. The number of alkyl halides is 1. The zero-order valence-corrected chi connectivity index (χ0v) is 9.44. The first-order valence-corrected chi connectivity index (χ1v) is 5.18. The molecule has 0 bridgehead atoms. The molecule has 18 heavy (non-hydrogen) atoms. The molecule has 96 valence electrons. The van der Waals surface area contributed by atoms with Crippen LogP contribution in [0.1, 0.15) is 5.56 Å². The first-order valence-electron chi connectivity index (χ1n) is 5.18. The Hall–Kier alpha value is -2.11. The number of aliphatic carboxylic acids is 1. The lowest BCUT2D eigenvalue weighted by Crippen LogP contribution is -2.35. The van der Waals surface area contributed by atoms with Gasteiger partial charge < -0.3 is 9.84 Å². The summed E-state index contributed by atoms with van der Waals surface area (Å²) in [6, 6.07) is 8.81. The van der Waals surface area contributed by atoms with Crippen LogP contribution in [-0.4, -0.2) is 29.9 Å². The van der Waals surface area contributed by atoms with E-state index in [1.54, 1.807) is 30.3 Å². The third-order valence-electron chi connectivity index (χ3n) is 2.16. The molecule has 0 fully saturated rings. The molecule has 1 aromatic rings. The van der Waals surface area contributed by atoms with Crippen molar-refractivity contribution in [3.63, 3.8) is 0 Å². The monoisotopic (exact) mass is 253 g/mol. The molecule has 1 rings (SSSR count). The van der Waals surface area contributed by atoms with Crippen molar-refractivity contribution in [2.75, 3.05) is 6.54 Å². The summed E-state index contributed by atoms with van der Waals surface area (Å²) in [7, 11) is 0. The molecule has 1 N–H and O–H groups in total. The van der Waals surface area contributed by atoms with Gasteiger partial charge in [0, 0.05) is 4.91 Å². The van der Waals surface area contributed by atoms with Crippen LogP contribution in [0.5, 0.6) is 0 Å². The zero-order chi connectivity index (χ0) is 13.4. The lowest BCUT2D eigenvalue weighted by Gasteiger charge is -2.16. The van der Waals surface area contributed by atoms with Gasteiger partial charge in [0.2, 0.25) is 0 Å². The summed E-state index contributed by atoms with van der Waals surface area (Å²) in [5.41, 5.74) is 8.78. The van der Waals surface area contributed by atoms with E-state index in [-0.39, 0.29) is 6.61 Å². The largest absolute Gasteiger partial charge is 0.479 e. The van der Waals surface area contributed by atoms with Crippen molar-refractivity contribution in [1.29, 1.82) is 0 Å². The van der Waals surface area contributed by atoms with E-state index < -0.39 is 24.8 Å². The Morgan fingerprint density at radius 2 is 2.17 bits per heavy atom. The number of carboxylic acids is 1. The van der Waals surface area contributed by atoms with Gasteiger partial charge in [0.25, 0.3) is 0 Å². The number of nitrogens with zero attached hydrogens (tertiary/aromatic N) is 3. The van der Waals surface area contributed by atoms with E-state index in [1.807, 2.05) is 0 Å². The Morgan fingerprint density at radius 1 is 1.50 bits per heavy atom. The van der Waals surface area contributed by atoms with E-state index in [1.165, 1.54) is 0 Å². The van der Waals surface area contributed by atoms with Crippen molar-refractivity contribution in [3.05, 3.63) is 46.3 Å². The number of azide groups is 1.